The van der Waals surface area contributed by atoms with Gasteiger partial charge in [0, 0.05) is 30.3 Å². The lowest BCUT2D eigenvalue weighted by Gasteiger charge is -2.14. The summed E-state index contributed by atoms with van der Waals surface area (Å²) < 4.78 is 10.7. The smallest absolute Gasteiger partial charge is 0.134 e. The first-order valence-corrected chi connectivity index (χ1v) is 7.80. The first-order chi connectivity index (χ1) is 11.3. The summed E-state index contributed by atoms with van der Waals surface area (Å²) in [5.74, 6) is 2.48. The Balaban J connectivity index is 1.79. The third-order valence-corrected chi connectivity index (χ3v) is 4.04. The van der Waals surface area contributed by atoms with Gasteiger partial charge in [0.05, 0.1) is 19.9 Å². The number of nitrogens with zero attached hydrogens (tertiary/aromatic N) is 2. The number of aromatic nitrogens is 2. The molecule has 1 aliphatic heterocycles. The number of hydrogen-bond donors (Lipinski definition) is 2. The Morgan fingerprint density at radius 2 is 2.13 bits per heavy atom. The summed E-state index contributed by atoms with van der Waals surface area (Å²) >= 11 is 0. The number of anilines is 1. The van der Waals surface area contributed by atoms with Gasteiger partial charge in [-0.2, -0.15) is 0 Å². The van der Waals surface area contributed by atoms with Crippen molar-refractivity contribution >= 4 is 5.82 Å². The zero-order valence-corrected chi connectivity index (χ0v) is 13.6. The number of fused-ring (bicyclic) bond motifs is 1. The minimum atomic E-state index is 0.636. The maximum Gasteiger partial charge on any atom is 0.134 e. The van der Waals surface area contributed by atoms with Crippen molar-refractivity contribution in [2.45, 2.75) is 25.9 Å². The number of hydrogen-bond acceptors (Lipinski definition) is 6. The quantitative estimate of drug-likeness (QED) is 0.881. The van der Waals surface area contributed by atoms with E-state index >= 15 is 0 Å². The van der Waals surface area contributed by atoms with E-state index < -0.39 is 0 Å². The molecule has 6 nitrogen and oxygen atoms in total. The predicted molar refractivity (Wildman–Crippen MR) is 88.9 cm³/mol. The Hall–Kier alpha value is -2.34. The molecule has 0 unspecified atom stereocenters. The van der Waals surface area contributed by atoms with Crippen molar-refractivity contribution in [3.63, 3.8) is 0 Å². The molecule has 1 aromatic heterocycles. The molecule has 2 N–H and O–H groups in total. The number of rotatable bonds is 5. The topological polar surface area (TPSA) is 68.3 Å². The molecule has 3 rings (SSSR count). The van der Waals surface area contributed by atoms with Crippen LogP contribution in [0, 0.1) is 0 Å². The second-order valence-electron chi connectivity index (χ2n) is 5.46. The van der Waals surface area contributed by atoms with E-state index in [9.17, 15) is 0 Å². The normalized spacial score (nSPS) is 13.8. The summed E-state index contributed by atoms with van der Waals surface area (Å²) in [5.41, 5.74) is 3.36. The monoisotopic (exact) mass is 314 g/mol. The number of methoxy groups -OCH3 is 2. The molecular weight excluding hydrogens is 292 g/mol. The summed E-state index contributed by atoms with van der Waals surface area (Å²) in [4.78, 5) is 8.83. The molecule has 2 aromatic rings. The zero-order valence-electron chi connectivity index (χ0n) is 13.6. The molecule has 0 aliphatic carbocycles. The van der Waals surface area contributed by atoms with E-state index in [0.29, 0.717) is 6.54 Å². The van der Waals surface area contributed by atoms with E-state index in [1.54, 1.807) is 20.5 Å². The van der Waals surface area contributed by atoms with Gasteiger partial charge in [-0.25, -0.2) is 9.97 Å². The second kappa shape index (κ2) is 7.28. The van der Waals surface area contributed by atoms with Gasteiger partial charge in [0.2, 0.25) is 0 Å². The van der Waals surface area contributed by atoms with E-state index in [4.69, 9.17) is 9.47 Å². The first kappa shape index (κ1) is 15.6. The van der Waals surface area contributed by atoms with Gasteiger partial charge in [-0.3, -0.25) is 0 Å². The van der Waals surface area contributed by atoms with Crippen LogP contribution in [0.25, 0.3) is 0 Å². The van der Waals surface area contributed by atoms with Crippen LogP contribution in [0.5, 0.6) is 11.5 Å². The van der Waals surface area contributed by atoms with Gasteiger partial charge < -0.3 is 20.1 Å². The molecule has 1 aromatic carbocycles. The third-order valence-electron chi connectivity index (χ3n) is 4.04. The average molecular weight is 314 g/mol. The molecule has 0 saturated carbocycles. The number of nitrogens with one attached hydrogen (secondary N) is 2. The fourth-order valence-corrected chi connectivity index (χ4v) is 2.77. The minimum absolute atomic E-state index is 0.636. The second-order valence-corrected chi connectivity index (χ2v) is 5.46. The Bertz CT molecular complexity index is 676. The number of ether oxygens (including phenoxy) is 2. The first-order valence-electron chi connectivity index (χ1n) is 7.80. The zero-order chi connectivity index (χ0) is 16.1. The lowest BCUT2D eigenvalue weighted by atomic mass is 10.1. The van der Waals surface area contributed by atoms with Crippen LogP contribution < -0.4 is 20.1 Å². The molecule has 0 bridgehead atoms. The Labute approximate surface area is 136 Å². The molecule has 122 valence electrons. The van der Waals surface area contributed by atoms with Crippen molar-refractivity contribution in [2.75, 3.05) is 26.1 Å². The van der Waals surface area contributed by atoms with E-state index in [-0.39, 0.29) is 0 Å². The van der Waals surface area contributed by atoms with Crippen molar-refractivity contribution in [3.8, 4) is 11.5 Å². The van der Waals surface area contributed by atoms with Gasteiger partial charge in [0.15, 0.2) is 0 Å². The maximum absolute atomic E-state index is 5.44. The maximum atomic E-state index is 5.44. The highest BCUT2D eigenvalue weighted by Gasteiger charge is 2.14. The van der Waals surface area contributed by atoms with Crippen LogP contribution in [0.2, 0.25) is 0 Å². The van der Waals surface area contributed by atoms with Gasteiger partial charge in [0.1, 0.15) is 23.6 Å². The highest BCUT2D eigenvalue weighted by atomic mass is 16.5. The molecule has 1 aliphatic rings. The van der Waals surface area contributed by atoms with Crippen molar-refractivity contribution in [1.82, 2.24) is 15.3 Å². The third kappa shape index (κ3) is 3.53. The molecule has 0 spiro atoms. The summed E-state index contributed by atoms with van der Waals surface area (Å²) in [6.45, 7) is 2.46. The summed E-state index contributed by atoms with van der Waals surface area (Å²) in [5, 5.41) is 6.84. The van der Waals surface area contributed by atoms with Gasteiger partial charge in [-0.1, -0.05) is 0 Å². The Morgan fingerprint density at radius 1 is 1.22 bits per heavy atom. The van der Waals surface area contributed by atoms with Crippen molar-refractivity contribution in [1.29, 1.82) is 0 Å². The Morgan fingerprint density at radius 3 is 2.96 bits per heavy atom. The fourth-order valence-electron chi connectivity index (χ4n) is 2.77. The highest BCUT2D eigenvalue weighted by molar-refractivity contribution is 5.49. The van der Waals surface area contributed by atoms with Crippen LogP contribution in [0.4, 0.5) is 5.82 Å². The van der Waals surface area contributed by atoms with Gasteiger partial charge in [-0.15, -0.1) is 0 Å². The number of aryl methyl sites for hydroxylation is 1. The molecule has 0 radical (unpaired) electrons. The summed E-state index contributed by atoms with van der Waals surface area (Å²) in [6, 6.07) is 5.82. The van der Waals surface area contributed by atoms with E-state index in [1.807, 2.05) is 18.2 Å². The van der Waals surface area contributed by atoms with E-state index in [2.05, 4.69) is 20.6 Å². The lowest BCUT2D eigenvalue weighted by molar-refractivity contribution is 0.391. The molecule has 6 heteroatoms. The van der Waals surface area contributed by atoms with Crippen molar-refractivity contribution in [2.24, 2.45) is 0 Å². The highest BCUT2D eigenvalue weighted by Crippen LogP contribution is 2.26. The van der Waals surface area contributed by atoms with Crippen LogP contribution in [-0.4, -0.2) is 30.7 Å². The van der Waals surface area contributed by atoms with Gasteiger partial charge in [-0.05, 0) is 31.5 Å². The van der Waals surface area contributed by atoms with E-state index in [1.165, 1.54) is 0 Å². The minimum Gasteiger partial charge on any atom is -0.497 e. The SMILES string of the molecule is COc1ccc(CNc2ncnc3c2CNCCC3)c(OC)c1. The van der Waals surface area contributed by atoms with Gasteiger partial charge >= 0.3 is 0 Å². The largest absolute Gasteiger partial charge is 0.497 e. The van der Waals surface area contributed by atoms with Crippen LogP contribution >= 0.6 is 0 Å². The van der Waals surface area contributed by atoms with Crippen molar-refractivity contribution < 1.29 is 9.47 Å². The molecule has 0 amide bonds. The molecule has 2 heterocycles. The average Bonchev–Trinajstić information content (AvgIpc) is 2.85. The molecular formula is C17H22N4O2. The Kier molecular flexibility index (Phi) is 4.92. The summed E-state index contributed by atoms with van der Waals surface area (Å²) in [7, 11) is 3.31. The van der Waals surface area contributed by atoms with Crippen LogP contribution in [0.1, 0.15) is 23.2 Å². The van der Waals surface area contributed by atoms with E-state index in [0.717, 1.165) is 60.1 Å². The molecule has 0 fully saturated rings. The lowest BCUT2D eigenvalue weighted by Crippen LogP contribution is -2.15. The molecule has 0 saturated heterocycles. The standard InChI is InChI=1S/C17H22N4O2/c1-22-13-6-5-12(16(8-13)23-2)9-19-17-14-10-18-7-3-4-15(14)20-11-21-17/h5-6,8,11,18H,3-4,7,9-10H2,1-2H3,(H,19,20,21). The van der Waals surface area contributed by atoms with Crippen LogP contribution in [-0.2, 0) is 19.5 Å². The van der Waals surface area contributed by atoms with Crippen molar-refractivity contribution in [3.05, 3.63) is 41.3 Å². The van der Waals surface area contributed by atoms with Gasteiger partial charge in [0.25, 0.3) is 0 Å². The molecule has 23 heavy (non-hydrogen) atoms. The summed E-state index contributed by atoms with van der Waals surface area (Å²) in [6.07, 6.45) is 3.74. The fraction of sp³-hybridized carbons (Fsp3) is 0.412. The number of benzene rings is 1. The predicted octanol–water partition coefficient (Wildman–Crippen LogP) is 2.14. The van der Waals surface area contributed by atoms with Crippen LogP contribution in [0.3, 0.4) is 0 Å². The molecule has 0 atom stereocenters. The van der Waals surface area contributed by atoms with Crippen LogP contribution in [0.15, 0.2) is 24.5 Å².